The van der Waals surface area contributed by atoms with Gasteiger partial charge in [-0.25, -0.2) is 0 Å². The van der Waals surface area contributed by atoms with Crippen LogP contribution in [0.1, 0.15) is 22.6 Å². The summed E-state index contributed by atoms with van der Waals surface area (Å²) < 4.78 is 3.74. The van der Waals surface area contributed by atoms with E-state index in [-0.39, 0.29) is 5.91 Å². The van der Waals surface area contributed by atoms with Crippen LogP contribution in [-0.2, 0) is 0 Å². The molecule has 1 aliphatic rings. The van der Waals surface area contributed by atoms with Crippen molar-refractivity contribution in [3.05, 3.63) is 60.2 Å². The molecular formula is C20H21N7O. The maximum Gasteiger partial charge on any atom is 0.255 e. The molecule has 1 aliphatic heterocycles. The second-order valence-electron chi connectivity index (χ2n) is 7.10. The van der Waals surface area contributed by atoms with Crippen molar-refractivity contribution < 1.29 is 4.79 Å². The fraction of sp³-hybridized carbons (Fsp3) is 0.300. The number of fused-ring (bicyclic) bond motifs is 2. The summed E-state index contributed by atoms with van der Waals surface area (Å²) in [5, 5.41) is 12.8. The maximum atomic E-state index is 13.0. The first-order valence-electron chi connectivity index (χ1n) is 9.49. The van der Waals surface area contributed by atoms with Crippen LogP contribution in [0.3, 0.4) is 0 Å². The minimum atomic E-state index is 0.0867. The number of aryl methyl sites for hydroxylation is 1. The molecule has 0 bridgehead atoms. The lowest BCUT2D eigenvalue weighted by Crippen LogP contribution is -2.35. The number of carbonyl (C=O) groups is 1. The van der Waals surface area contributed by atoms with E-state index >= 15 is 0 Å². The van der Waals surface area contributed by atoms with E-state index in [0.29, 0.717) is 6.54 Å². The van der Waals surface area contributed by atoms with Crippen molar-refractivity contribution in [3.8, 4) is 0 Å². The predicted molar refractivity (Wildman–Crippen MR) is 106 cm³/mol. The van der Waals surface area contributed by atoms with E-state index in [1.165, 1.54) is 0 Å². The van der Waals surface area contributed by atoms with Gasteiger partial charge in [0, 0.05) is 44.1 Å². The Labute approximate surface area is 162 Å². The number of hydrogen-bond donors (Lipinski definition) is 0. The summed E-state index contributed by atoms with van der Waals surface area (Å²) in [5.41, 5.74) is 2.51. The van der Waals surface area contributed by atoms with Crippen LogP contribution in [0, 0.1) is 6.92 Å². The van der Waals surface area contributed by atoms with Gasteiger partial charge in [-0.05, 0) is 43.7 Å². The minimum Gasteiger partial charge on any atom is -0.353 e. The van der Waals surface area contributed by atoms with Crippen LogP contribution in [0.2, 0.25) is 0 Å². The number of rotatable bonds is 2. The number of carbonyl (C=O) groups excluding carboxylic acids is 1. The van der Waals surface area contributed by atoms with Gasteiger partial charge < -0.3 is 14.2 Å². The largest absolute Gasteiger partial charge is 0.353 e. The van der Waals surface area contributed by atoms with Crippen LogP contribution in [0.4, 0.5) is 5.82 Å². The molecule has 0 aromatic carbocycles. The topological polar surface area (TPSA) is 71.0 Å². The Balaban J connectivity index is 1.34. The molecule has 0 unspecified atom stereocenters. The Hall–Kier alpha value is -3.42. The van der Waals surface area contributed by atoms with Gasteiger partial charge >= 0.3 is 0 Å². The number of hydrogen-bond acceptors (Lipinski definition) is 5. The molecule has 1 fully saturated rings. The molecular weight excluding hydrogens is 354 g/mol. The monoisotopic (exact) mass is 375 g/mol. The first-order chi connectivity index (χ1) is 13.7. The highest BCUT2D eigenvalue weighted by Gasteiger charge is 2.22. The highest BCUT2D eigenvalue weighted by Crippen LogP contribution is 2.17. The van der Waals surface area contributed by atoms with Crippen molar-refractivity contribution in [2.45, 2.75) is 13.3 Å². The highest BCUT2D eigenvalue weighted by atomic mass is 16.2. The molecule has 0 aliphatic carbocycles. The number of nitrogens with zero attached hydrogens (tertiary/aromatic N) is 7. The van der Waals surface area contributed by atoms with Crippen LogP contribution in [0.25, 0.3) is 11.2 Å². The fourth-order valence-electron chi connectivity index (χ4n) is 3.76. The number of aromatic nitrogens is 5. The lowest BCUT2D eigenvalue weighted by molar-refractivity contribution is 0.0767. The summed E-state index contributed by atoms with van der Waals surface area (Å²) in [5.74, 6) is 1.74. The second kappa shape index (κ2) is 6.63. The van der Waals surface area contributed by atoms with Gasteiger partial charge in [0.1, 0.15) is 5.82 Å². The smallest absolute Gasteiger partial charge is 0.255 e. The van der Waals surface area contributed by atoms with Gasteiger partial charge in [-0.3, -0.25) is 4.79 Å². The molecule has 0 N–H and O–H groups in total. The third kappa shape index (κ3) is 2.87. The van der Waals surface area contributed by atoms with Crippen LogP contribution in [0.15, 0.2) is 48.8 Å². The molecule has 0 saturated carbocycles. The summed E-state index contributed by atoms with van der Waals surface area (Å²) in [7, 11) is 0. The molecule has 28 heavy (non-hydrogen) atoms. The second-order valence-corrected chi connectivity index (χ2v) is 7.10. The third-order valence-corrected chi connectivity index (χ3v) is 5.26. The van der Waals surface area contributed by atoms with E-state index in [4.69, 9.17) is 0 Å². The molecule has 8 nitrogen and oxygen atoms in total. The summed E-state index contributed by atoms with van der Waals surface area (Å²) >= 11 is 0. The molecule has 1 saturated heterocycles. The molecule has 0 radical (unpaired) electrons. The third-order valence-electron chi connectivity index (χ3n) is 5.26. The molecule has 142 valence electrons. The number of anilines is 1. The van der Waals surface area contributed by atoms with Crippen LogP contribution in [0.5, 0.6) is 0 Å². The zero-order valence-electron chi connectivity index (χ0n) is 15.7. The maximum absolute atomic E-state index is 13.0. The van der Waals surface area contributed by atoms with Crippen molar-refractivity contribution in [1.82, 2.24) is 29.1 Å². The van der Waals surface area contributed by atoms with E-state index in [1.807, 2.05) is 65.0 Å². The van der Waals surface area contributed by atoms with Gasteiger partial charge in [0.15, 0.2) is 11.5 Å². The van der Waals surface area contributed by atoms with Gasteiger partial charge in [-0.1, -0.05) is 6.07 Å². The summed E-state index contributed by atoms with van der Waals surface area (Å²) in [6, 6.07) is 11.8. The first-order valence-corrected chi connectivity index (χ1v) is 9.49. The van der Waals surface area contributed by atoms with Crippen molar-refractivity contribution in [2.24, 2.45) is 0 Å². The zero-order chi connectivity index (χ0) is 19.1. The fourth-order valence-corrected chi connectivity index (χ4v) is 3.76. The lowest BCUT2D eigenvalue weighted by atomic mass is 10.2. The average Bonchev–Trinajstić information content (AvgIpc) is 3.22. The summed E-state index contributed by atoms with van der Waals surface area (Å²) in [6.07, 6.45) is 4.77. The Kier molecular flexibility index (Phi) is 3.96. The molecule has 5 rings (SSSR count). The first kappa shape index (κ1) is 16.7. The van der Waals surface area contributed by atoms with Crippen molar-refractivity contribution in [3.63, 3.8) is 0 Å². The summed E-state index contributed by atoms with van der Waals surface area (Å²) in [4.78, 5) is 17.2. The molecule has 1 amide bonds. The van der Waals surface area contributed by atoms with E-state index < -0.39 is 0 Å². The molecule has 0 atom stereocenters. The van der Waals surface area contributed by atoms with Crippen LogP contribution in [-0.4, -0.2) is 61.2 Å². The molecule has 8 heteroatoms. The number of amides is 1. The quantitative estimate of drug-likeness (QED) is 0.536. The van der Waals surface area contributed by atoms with Gasteiger partial charge in [0.2, 0.25) is 0 Å². The van der Waals surface area contributed by atoms with Gasteiger partial charge in [0.05, 0.1) is 5.56 Å². The van der Waals surface area contributed by atoms with Crippen molar-refractivity contribution in [1.29, 1.82) is 0 Å². The molecule has 5 heterocycles. The molecule has 0 spiro atoms. The van der Waals surface area contributed by atoms with Crippen LogP contribution < -0.4 is 4.90 Å². The van der Waals surface area contributed by atoms with Crippen molar-refractivity contribution in [2.75, 3.05) is 31.1 Å². The highest BCUT2D eigenvalue weighted by molar-refractivity contribution is 5.95. The zero-order valence-corrected chi connectivity index (χ0v) is 15.7. The summed E-state index contributed by atoms with van der Waals surface area (Å²) in [6.45, 7) is 4.92. The average molecular weight is 375 g/mol. The Morgan fingerprint density at radius 3 is 2.86 bits per heavy atom. The van der Waals surface area contributed by atoms with E-state index in [0.717, 1.165) is 54.4 Å². The normalized spacial score (nSPS) is 15.3. The number of pyridine rings is 1. The molecule has 4 aromatic rings. The van der Waals surface area contributed by atoms with E-state index in [2.05, 4.69) is 20.2 Å². The Bertz CT molecular complexity index is 1130. The van der Waals surface area contributed by atoms with Gasteiger partial charge in [-0.15, -0.1) is 15.3 Å². The van der Waals surface area contributed by atoms with E-state index in [1.54, 1.807) is 4.52 Å². The van der Waals surface area contributed by atoms with E-state index in [9.17, 15) is 4.79 Å². The van der Waals surface area contributed by atoms with Gasteiger partial charge in [0.25, 0.3) is 5.91 Å². The van der Waals surface area contributed by atoms with Crippen molar-refractivity contribution >= 4 is 22.9 Å². The Morgan fingerprint density at radius 1 is 1.04 bits per heavy atom. The predicted octanol–water partition coefficient (Wildman–Crippen LogP) is 2.04. The standard InChI is InChI=1S/C20H21N7O/c1-15-21-22-18-6-7-19(23-27(15)18)24-9-4-10-25(12-11-24)20(28)16-13-17-5-2-3-8-26(17)14-16/h2-3,5-8,13-14H,4,9-12H2,1H3. The lowest BCUT2D eigenvalue weighted by Gasteiger charge is -2.22. The van der Waals surface area contributed by atoms with Crippen LogP contribution >= 0.6 is 0 Å². The minimum absolute atomic E-state index is 0.0867. The Morgan fingerprint density at radius 2 is 1.96 bits per heavy atom. The van der Waals surface area contributed by atoms with Gasteiger partial charge in [-0.2, -0.15) is 4.52 Å². The SMILES string of the molecule is Cc1nnc2ccc(N3CCCN(C(=O)c4cc5ccccn5c4)CC3)nn12. The molecule has 4 aromatic heterocycles.